The zero-order chi connectivity index (χ0) is 15.8. The monoisotopic (exact) mass is 371 g/mol. The molecule has 6 heteroatoms. The van der Waals surface area contributed by atoms with Gasteiger partial charge in [-0.25, -0.2) is 4.79 Å². The average Bonchev–Trinajstić information content (AvgIpc) is 2.54. The summed E-state index contributed by atoms with van der Waals surface area (Å²) in [4.78, 5) is 13.7. The van der Waals surface area contributed by atoms with Gasteiger partial charge in [0, 0.05) is 18.4 Å². The summed E-state index contributed by atoms with van der Waals surface area (Å²) in [5.41, 5.74) is 0.130. The topological polar surface area (TPSA) is 59.0 Å². The Labute approximate surface area is 139 Å². The van der Waals surface area contributed by atoms with Crippen LogP contribution in [0.25, 0.3) is 0 Å². The molecule has 0 bridgehead atoms. The molecule has 1 heterocycles. The molecule has 1 aromatic rings. The van der Waals surface area contributed by atoms with Crippen molar-refractivity contribution in [2.45, 2.75) is 25.0 Å². The first kappa shape index (κ1) is 17.2. The number of nitrogens with zero attached hydrogens (tertiary/aromatic N) is 1. The maximum Gasteiger partial charge on any atom is 0.410 e. The van der Waals surface area contributed by atoms with Crippen LogP contribution in [0.5, 0.6) is 0 Å². The van der Waals surface area contributed by atoms with E-state index in [0.29, 0.717) is 39.1 Å². The number of likely N-dealkylation sites (tertiary alicyclic amines) is 1. The lowest BCUT2D eigenvalue weighted by atomic mass is 9.92. The van der Waals surface area contributed by atoms with E-state index in [1.165, 1.54) is 0 Å². The van der Waals surface area contributed by atoms with E-state index in [0.717, 1.165) is 10.9 Å². The molecular weight excluding hydrogens is 350 g/mol. The molecule has 1 N–H and O–H groups in total. The highest BCUT2D eigenvalue weighted by molar-refractivity contribution is 9.09. The number of carbonyl (C=O) groups is 1. The molecule has 0 aromatic heterocycles. The molecule has 1 aromatic carbocycles. The van der Waals surface area contributed by atoms with Crippen molar-refractivity contribution in [3.05, 3.63) is 35.9 Å². The van der Waals surface area contributed by atoms with E-state index in [1.807, 2.05) is 30.3 Å². The quantitative estimate of drug-likeness (QED) is 0.616. The first-order chi connectivity index (χ1) is 10.6. The van der Waals surface area contributed by atoms with Crippen molar-refractivity contribution < 1.29 is 19.4 Å². The molecule has 2 rings (SSSR count). The molecule has 0 saturated carbocycles. The summed E-state index contributed by atoms with van der Waals surface area (Å²) in [6.07, 6.45) is 0.693. The van der Waals surface area contributed by atoms with Crippen LogP contribution >= 0.6 is 15.9 Å². The van der Waals surface area contributed by atoms with E-state index in [2.05, 4.69) is 15.9 Å². The molecule has 22 heavy (non-hydrogen) atoms. The van der Waals surface area contributed by atoms with Crippen molar-refractivity contribution in [2.75, 3.05) is 31.6 Å². The molecule has 1 fully saturated rings. The molecule has 5 nitrogen and oxygen atoms in total. The molecule has 1 amide bonds. The van der Waals surface area contributed by atoms with E-state index in [1.54, 1.807) is 4.90 Å². The van der Waals surface area contributed by atoms with E-state index in [9.17, 15) is 9.90 Å². The summed E-state index contributed by atoms with van der Waals surface area (Å²) in [6.45, 7) is 2.13. The Balaban J connectivity index is 1.72. The molecule has 1 aliphatic rings. The van der Waals surface area contributed by atoms with E-state index >= 15 is 0 Å². The smallest absolute Gasteiger partial charge is 0.410 e. The fourth-order valence-electron chi connectivity index (χ4n) is 2.38. The average molecular weight is 372 g/mol. The van der Waals surface area contributed by atoms with Crippen LogP contribution < -0.4 is 0 Å². The molecule has 0 spiro atoms. The highest BCUT2D eigenvalue weighted by atomic mass is 79.9. The number of alkyl halides is 1. The van der Waals surface area contributed by atoms with Gasteiger partial charge in [0.25, 0.3) is 0 Å². The number of hydrogen-bond acceptors (Lipinski definition) is 4. The molecule has 0 radical (unpaired) electrons. The highest BCUT2D eigenvalue weighted by Gasteiger charge is 2.34. The molecular formula is C16H22BrNO4. The van der Waals surface area contributed by atoms with E-state index < -0.39 is 5.60 Å². The summed E-state index contributed by atoms with van der Waals surface area (Å²) in [6, 6.07) is 9.59. The van der Waals surface area contributed by atoms with Crippen molar-refractivity contribution in [3.63, 3.8) is 0 Å². The van der Waals surface area contributed by atoms with Crippen LogP contribution in [0.1, 0.15) is 18.4 Å². The van der Waals surface area contributed by atoms with Gasteiger partial charge >= 0.3 is 6.09 Å². The first-order valence-electron chi connectivity index (χ1n) is 7.45. The Hall–Kier alpha value is -1.11. The summed E-state index contributed by atoms with van der Waals surface area (Å²) in [7, 11) is 0. The predicted molar refractivity (Wildman–Crippen MR) is 87.0 cm³/mol. The largest absolute Gasteiger partial charge is 0.445 e. The zero-order valence-electron chi connectivity index (χ0n) is 12.5. The maximum atomic E-state index is 12.0. The third-order valence-corrected chi connectivity index (χ3v) is 4.07. The van der Waals surface area contributed by atoms with Crippen molar-refractivity contribution in [1.82, 2.24) is 4.90 Å². The third-order valence-electron chi connectivity index (χ3n) is 3.75. The lowest BCUT2D eigenvalue weighted by molar-refractivity contribution is -0.0768. The lowest BCUT2D eigenvalue weighted by Gasteiger charge is -2.37. The SMILES string of the molecule is O=C(OCc1ccccc1)N1CCC(O)(COCCBr)CC1. The van der Waals surface area contributed by atoms with Gasteiger partial charge in [-0.1, -0.05) is 46.3 Å². The second-order valence-electron chi connectivity index (χ2n) is 5.49. The van der Waals surface area contributed by atoms with Crippen molar-refractivity contribution >= 4 is 22.0 Å². The van der Waals surface area contributed by atoms with Gasteiger partial charge in [-0.3, -0.25) is 0 Å². The Kier molecular flexibility index (Phi) is 6.67. The molecule has 1 saturated heterocycles. The highest BCUT2D eigenvalue weighted by Crippen LogP contribution is 2.23. The number of hydrogen-bond donors (Lipinski definition) is 1. The van der Waals surface area contributed by atoms with Crippen LogP contribution in [0.2, 0.25) is 0 Å². The van der Waals surface area contributed by atoms with Crippen LogP contribution in [0.3, 0.4) is 0 Å². The number of aliphatic hydroxyl groups is 1. The molecule has 0 aliphatic carbocycles. The van der Waals surface area contributed by atoms with Gasteiger partial charge in [0.05, 0.1) is 18.8 Å². The molecule has 1 aliphatic heterocycles. The summed E-state index contributed by atoms with van der Waals surface area (Å²) in [5, 5.41) is 11.1. The van der Waals surface area contributed by atoms with Gasteiger partial charge in [-0.2, -0.15) is 0 Å². The normalized spacial score (nSPS) is 17.3. The van der Waals surface area contributed by atoms with Crippen LogP contribution in [0, 0.1) is 0 Å². The Morgan fingerprint density at radius 1 is 1.27 bits per heavy atom. The van der Waals surface area contributed by atoms with E-state index in [-0.39, 0.29) is 12.7 Å². The Morgan fingerprint density at radius 2 is 1.95 bits per heavy atom. The van der Waals surface area contributed by atoms with Gasteiger partial charge in [0.1, 0.15) is 6.61 Å². The minimum absolute atomic E-state index is 0.273. The summed E-state index contributed by atoms with van der Waals surface area (Å²) >= 11 is 3.28. The zero-order valence-corrected chi connectivity index (χ0v) is 14.1. The number of piperidine rings is 1. The minimum Gasteiger partial charge on any atom is -0.445 e. The molecule has 0 unspecified atom stereocenters. The molecule has 0 atom stereocenters. The fraction of sp³-hybridized carbons (Fsp3) is 0.562. The van der Waals surface area contributed by atoms with E-state index in [4.69, 9.17) is 9.47 Å². The van der Waals surface area contributed by atoms with Gasteiger partial charge < -0.3 is 19.5 Å². The summed E-state index contributed by atoms with van der Waals surface area (Å²) in [5.74, 6) is 0. The number of rotatable bonds is 6. The van der Waals surface area contributed by atoms with Gasteiger partial charge in [0.15, 0.2) is 0 Å². The van der Waals surface area contributed by atoms with Gasteiger partial charge in [0.2, 0.25) is 0 Å². The number of benzene rings is 1. The number of ether oxygens (including phenoxy) is 2. The third kappa shape index (κ3) is 5.26. The fourth-order valence-corrected chi connectivity index (χ4v) is 2.61. The van der Waals surface area contributed by atoms with Crippen LogP contribution in [0.4, 0.5) is 4.79 Å². The first-order valence-corrected chi connectivity index (χ1v) is 8.57. The van der Waals surface area contributed by atoms with Crippen molar-refractivity contribution in [3.8, 4) is 0 Å². The second-order valence-corrected chi connectivity index (χ2v) is 6.29. The predicted octanol–water partition coefficient (Wildman–Crippen LogP) is 2.56. The van der Waals surface area contributed by atoms with Crippen LogP contribution in [-0.2, 0) is 16.1 Å². The second kappa shape index (κ2) is 8.50. The van der Waals surface area contributed by atoms with Crippen molar-refractivity contribution in [1.29, 1.82) is 0 Å². The van der Waals surface area contributed by atoms with Crippen LogP contribution in [-0.4, -0.2) is 53.3 Å². The standard InChI is InChI=1S/C16H22BrNO4/c17-8-11-21-13-16(20)6-9-18(10-7-16)15(19)22-12-14-4-2-1-3-5-14/h1-5,20H,6-13H2. The molecule has 122 valence electrons. The number of carbonyl (C=O) groups excluding carboxylic acids is 1. The maximum absolute atomic E-state index is 12.0. The van der Waals surface area contributed by atoms with Gasteiger partial charge in [-0.05, 0) is 18.4 Å². The number of halogens is 1. The Bertz CT molecular complexity index is 460. The van der Waals surface area contributed by atoms with Gasteiger partial charge in [-0.15, -0.1) is 0 Å². The van der Waals surface area contributed by atoms with Crippen LogP contribution in [0.15, 0.2) is 30.3 Å². The summed E-state index contributed by atoms with van der Waals surface area (Å²) < 4.78 is 10.7. The minimum atomic E-state index is -0.835. The Morgan fingerprint density at radius 3 is 2.59 bits per heavy atom. The number of amides is 1. The van der Waals surface area contributed by atoms with Crippen molar-refractivity contribution in [2.24, 2.45) is 0 Å². The lowest BCUT2D eigenvalue weighted by Crippen LogP contribution is -2.49.